The molecule has 12 heteroatoms. The summed E-state index contributed by atoms with van der Waals surface area (Å²) < 4.78 is 59.5. The molecule has 168 valence electrons. The van der Waals surface area contributed by atoms with Gasteiger partial charge in [-0.3, -0.25) is 20.4 Å². The maximum Gasteiger partial charge on any atom is 0.435 e. The first-order chi connectivity index (χ1) is 15.1. The lowest BCUT2D eigenvalue weighted by atomic mass is 10.1. The minimum Gasteiger partial charge on any atom is -0.483 e. The van der Waals surface area contributed by atoms with Crippen LogP contribution in [0.3, 0.4) is 0 Å². The van der Waals surface area contributed by atoms with Gasteiger partial charge < -0.3 is 4.74 Å². The van der Waals surface area contributed by atoms with Gasteiger partial charge in [-0.15, -0.1) is 5.10 Å². The summed E-state index contributed by atoms with van der Waals surface area (Å²) >= 11 is 0. The van der Waals surface area contributed by atoms with E-state index in [2.05, 4.69) is 10.3 Å². The van der Waals surface area contributed by atoms with Gasteiger partial charge in [0.25, 0.3) is 11.8 Å². The molecule has 0 aliphatic rings. The number of amides is 2. The fraction of sp³-hybridized carbons (Fsp3) is 0.200. The van der Waals surface area contributed by atoms with Crippen LogP contribution in [0.2, 0.25) is 0 Å². The number of hydrazine groups is 1. The molecule has 2 aromatic carbocycles. The van der Waals surface area contributed by atoms with Crippen LogP contribution in [-0.4, -0.2) is 33.4 Å². The first-order valence-corrected chi connectivity index (χ1v) is 9.14. The lowest BCUT2D eigenvalue weighted by molar-refractivity contribution is -0.143. The Morgan fingerprint density at radius 2 is 1.75 bits per heavy atom. The first kappa shape index (κ1) is 22.7. The second kappa shape index (κ2) is 9.04. The third-order valence-electron chi connectivity index (χ3n) is 4.24. The Kier molecular flexibility index (Phi) is 6.42. The average Bonchev–Trinajstić information content (AvgIpc) is 3.19. The molecule has 2 N–H and O–H groups in total. The number of aromatic nitrogens is 3. The summed E-state index contributed by atoms with van der Waals surface area (Å²) in [6.45, 7) is 3.13. The lowest BCUT2D eigenvalue weighted by Crippen LogP contribution is -2.44. The minimum absolute atomic E-state index is 0.156. The van der Waals surface area contributed by atoms with E-state index in [1.807, 2.05) is 23.8 Å². The molecule has 0 radical (unpaired) electrons. The summed E-state index contributed by atoms with van der Waals surface area (Å²) in [5, 5.41) is 6.63. The van der Waals surface area contributed by atoms with Crippen LogP contribution >= 0.6 is 0 Å². The zero-order valence-electron chi connectivity index (χ0n) is 16.8. The SMILES string of the molecule is Cc1ccc(C)c(OCC(=O)NNC(=O)c2nnn(-c3ccc(F)cc3)c2C(F)(F)F)c1. The predicted octanol–water partition coefficient (Wildman–Crippen LogP) is 2.88. The topological polar surface area (TPSA) is 98.1 Å². The van der Waals surface area contributed by atoms with Crippen molar-refractivity contribution in [2.75, 3.05) is 6.61 Å². The van der Waals surface area contributed by atoms with Crippen molar-refractivity contribution < 1.29 is 31.9 Å². The molecule has 0 saturated carbocycles. The largest absolute Gasteiger partial charge is 0.483 e. The fourth-order valence-electron chi connectivity index (χ4n) is 2.68. The van der Waals surface area contributed by atoms with E-state index < -0.39 is 41.8 Å². The van der Waals surface area contributed by atoms with E-state index in [0.717, 1.165) is 35.4 Å². The van der Waals surface area contributed by atoms with E-state index in [0.29, 0.717) is 10.4 Å². The number of aryl methyl sites for hydroxylation is 2. The number of nitrogens with zero attached hydrogens (tertiary/aromatic N) is 3. The zero-order chi connectivity index (χ0) is 23.5. The van der Waals surface area contributed by atoms with E-state index in [1.165, 1.54) is 0 Å². The number of hydrogen-bond acceptors (Lipinski definition) is 5. The van der Waals surface area contributed by atoms with Crippen molar-refractivity contribution in [1.82, 2.24) is 25.8 Å². The van der Waals surface area contributed by atoms with Crippen molar-refractivity contribution in [3.05, 3.63) is 70.8 Å². The molecule has 0 saturated heterocycles. The van der Waals surface area contributed by atoms with E-state index >= 15 is 0 Å². The average molecular weight is 451 g/mol. The van der Waals surface area contributed by atoms with Crippen molar-refractivity contribution >= 4 is 11.8 Å². The highest BCUT2D eigenvalue weighted by Crippen LogP contribution is 2.32. The van der Waals surface area contributed by atoms with Crippen LogP contribution in [0.5, 0.6) is 5.75 Å². The lowest BCUT2D eigenvalue weighted by Gasteiger charge is -2.12. The number of hydrogen-bond donors (Lipinski definition) is 2. The van der Waals surface area contributed by atoms with Gasteiger partial charge in [-0.05, 0) is 55.3 Å². The van der Waals surface area contributed by atoms with E-state index in [1.54, 1.807) is 19.1 Å². The van der Waals surface area contributed by atoms with Crippen LogP contribution in [0.4, 0.5) is 17.6 Å². The minimum atomic E-state index is -5.01. The third-order valence-corrected chi connectivity index (χ3v) is 4.24. The third kappa shape index (κ3) is 5.20. The number of rotatable bonds is 5. The molecule has 0 atom stereocenters. The van der Waals surface area contributed by atoms with Gasteiger partial charge in [0.2, 0.25) is 0 Å². The Bertz CT molecular complexity index is 1140. The molecule has 3 rings (SSSR count). The van der Waals surface area contributed by atoms with Gasteiger partial charge in [0.15, 0.2) is 18.0 Å². The molecule has 0 aliphatic carbocycles. The normalized spacial score (nSPS) is 11.2. The zero-order valence-corrected chi connectivity index (χ0v) is 16.8. The number of nitrogens with one attached hydrogen (secondary N) is 2. The highest BCUT2D eigenvalue weighted by molar-refractivity contribution is 5.95. The van der Waals surface area contributed by atoms with Gasteiger partial charge in [0, 0.05) is 0 Å². The highest BCUT2D eigenvalue weighted by atomic mass is 19.4. The molecular weight excluding hydrogens is 434 g/mol. The molecule has 2 amide bonds. The Morgan fingerprint density at radius 1 is 1.06 bits per heavy atom. The van der Waals surface area contributed by atoms with Crippen molar-refractivity contribution in [3.63, 3.8) is 0 Å². The number of halogens is 4. The maximum absolute atomic E-state index is 13.6. The van der Waals surface area contributed by atoms with Gasteiger partial charge in [-0.25, -0.2) is 9.07 Å². The van der Waals surface area contributed by atoms with Crippen LogP contribution in [0, 0.1) is 19.7 Å². The Labute approximate surface area is 179 Å². The summed E-state index contributed by atoms with van der Waals surface area (Å²) in [5.74, 6) is -2.36. The second-order valence-corrected chi connectivity index (χ2v) is 6.73. The van der Waals surface area contributed by atoms with Crippen molar-refractivity contribution in [2.24, 2.45) is 0 Å². The van der Waals surface area contributed by atoms with Crippen LogP contribution < -0.4 is 15.6 Å². The molecule has 1 aromatic heterocycles. The molecule has 32 heavy (non-hydrogen) atoms. The summed E-state index contributed by atoms with van der Waals surface area (Å²) in [5.41, 5.74) is 2.79. The molecule has 8 nitrogen and oxygen atoms in total. The van der Waals surface area contributed by atoms with Crippen molar-refractivity contribution in [2.45, 2.75) is 20.0 Å². The maximum atomic E-state index is 13.6. The monoisotopic (exact) mass is 451 g/mol. The number of alkyl halides is 3. The Balaban J connectivity index is 1.70. The van der Waals surface area contributed by atoms with Crippen molar-refractivity contribution in [3.8, 4) is 11.4 Å². The quantitative estimate of drug-likeness (QED) is 0.459. The fourth-order valence-corrected chi connectivity index (χ4v) is 2.68. The summed E-state index contributed by atoms with van der Waals surface area (Å²) in [6.07, 6.45) is -5.01. The smallest absolute Gasteiger partial charge is 0.435 e. The van der Waals surface area contributed by atoms with Crippen LogP contribution in [-0.2, 0) is 11.0 Å². The van der Waals surface area contributed by atoms with E-state index in [9.17, 15) is 27.2 Å². The van der Waals surface area contributed by atoms with E-state index in [-0.39, 0.29) is 5.69 Å². The Hall–Kier alpha value is -3.96. The molecule has 0 spiro atoms. The first-order valence-electron chi connectivity index (χ1n) is 9.14. The summed E-state index contributed by atoms with van der Waals surface area (Å²) in [7, 11) is 0. The molecule has 0 aliphatic heterocycles. The van der Waals surface area contributed by atoms with Crippen LogP contribution in [0.15, 0.2) is 42.5 Å². The highest BCUT2D eigenvalue weighted by Gasteiger charge is 2.42. The van der Waals surface area contributed by atoms with E-state index in [4.69, 9.17) is 4.74 Å². The summed E-state index contributed by atoms with van der Waals surface area (Å²) in [6, 6.07) is 9.35. The number of carbonyl (C=O) groups is 2. The predicted molar refractivity (Wildman–Crippen MR) is 103 cm³/mol. The number of benzene rings is 2. The molecule has 3 aromatic rings. The van der Waals surface area contributed by atoms with Crippen molar-refractivity contribution in [1.29, 1.82) is 0 Å². The van der Waals surface area contributed by atoms with Crippen LogP contribution in [0.1, 0.15) is 27.3 Å². The molecule has 0 unspecified atom stereocenters. The second-order valence-electron chi connectivity index (χ2n) is 6.73. The molecule has 0 bridgehead atoms. The Morgan fingerprint density at radius 3 is 2.41 bits per heavy atom. The van der Waals surface area contributed by atoms with Gasteiger partial charge >= 0.3 is 6.18 Å². The van der Waals surface area contributed by atoms with Gasteiger partial charge in [-0.2, -0.15) is 13.2 Å². The summed E-state index contributed by atoms with van der Waals surface area (Å²) in [4.78, 5) is 24.2. The molecular formula is C20H17F4N5O3. The standard InChI is InChI=1S/C20H17F4N5O3/c1-11-3-4-12(2)15(9-11)32-10-16(30)25-27-19(31)17-18(20(22,23)24)29(28-26-17)14-7-5-13(21)6-8-14/h3-9H,10H2,1-2H3,(H,25,30)(H,27,31). The van der Waals surface area contributed by atoms with Gasteiger partial charge in [0.1, 0.15) is 11.6 Å². The number of ether oxygens (including phenoxy) is 1. The van der Waals surface area contributed by atoms with Gasteiger partial charge in [-0.1, -0.05) is 17.3 Å². The van der Waals surface area contributed by atoms with Gasteiger partial charge in [0.05, 0.1) is 5.69 Å². The number of carbonyl (C=O) groups excluding carboxylic acids is 2. The molecule has 1 heterocycles. The van der Waals surface area contributed by atoms with Crippen LogP contribution in [0.25, 0.3) is 5.69 Å². The molecule has 0 fully saturated rings.